The monoisotopic (exact) mass is 333 g/mol. The third kappa shape index (κ3) is 2.96. The standard InChI is InChI=1S/C17H23N3O4/c1-9-15(16-12(18-9)4-3-5-13(16)22)17(24)19-11-6-7-20(10(2)21)8-14(11)23/h11,14,18,23H,3-8H2,1-2H3,(H,19,24). The zero-order chi connectivity index (χ0) is 17.4. The maximum Gasteiger partial charge on any atom is 0.254 e. The quantitative estimate of drug-likeness (QED) is 0.735. The third-order valence-corrected chi connectivity index (χ3v) is 4.95. The molecular weight excluding hydrogens is 310 g/mol. The Morgan fingerprint density at radius 2 is 2.08 bits per heavy atom. The Hall–Kier alpha value is -2.15. The molecule has 7 nitrogen and oxygen atoms in total. The van der Waals surface area contributed by atoms with Gasteiger partial charge in [-0.3, -0.25) is 14.4 Å². The number of β-amino-alcohol motifs (C(OH)–C–C–N with tert-alkyl or cyclic N) is 1. The molecule has 1 aromatic rings. The number of H-pyrrole nitrogens is 1. The van der Waals surface area contributed by atoms with Gasteiger partial charge in [-0.1, -0.05) is 0 Å². The number of amides is 2. The predicted octanol–water partition coefficient (Wildman–Crippen LogP) is 0.554. The van der Waals surface area contributed by atoms with Crippen molar-refractivity contribution in [3.8, 4) is 0 Å². The van der Waals surface area contributed by atoms with Crippen LogP contribution in [-0.2, 0) is 11.2 Å². The zero-order valence-corrected chi connectivity index (χ0v) is 14.0. The van der Waals surface area contributed by atoms with E-state index in [0.29, 0.717) is 36.2 Å². The number of aliphatic hydroxyl groups is 1. The van der Waals surface area contributed by atoms with Crippen LogP contribution in [0, 0.1) is 6.92 Å². The summed E-state index contributed by atoms with van der Waals surface area (Å²) < 4.78 is 0. The van der Waals surface area contributed by atoms with Crippen molar-refractivity contribution in [2.75, 3.05) is 13.1 Å². The van der Waals surface area contributed by atoms with Gasteiger partial charge in [0.1, 0.15) is 0 Å². The van der Waals surface area contributed by atoms with Crippen molar-refractivity contribution in [2.24, 2.45) is 0 Å². The highest BCUT2D eigenvalue weighted by Gasteiger charge is 2.33. The lowest BCUT2D eigenvalue weighted by atomic mass is 9.92. The van der Waals surface area contributed by atoms with Crippen LogP contribution in [0.5, 0.6) is 0 Å². The number of aliphatic hydroxyl groups excluding tert-OH is 1. The fourth-order valence-corrected chi connectivity index (χ4v) is 3.65. The van der Waals surface area contributed by atoms with Gasteiger partial charge in [0, 0.05) is 37.8 Å². The van der Waals surface area contributed by atoms with Crippen LogP contribution < -0.4 is 5.32 Å². The fourth-order valence-electron chi connectivity index (χ4n) is 3.65. The lowest BCUT2D eigenvalue weighted by molar-refractivity contribution is -0.132. The SMILES string of the molecule is CC(=O)N1CCC(NC(=O)c2c(C)[nH]c3c2C(=O)CCC3)C(O)C1. The van der Waals surface area contributed by atoms with Gasteiger partial charge < -0.3 is 20.3 Å². The van der Waals surface area contributed by atoms with E-state index in [-0.39, 0.29) is 24.1 Å². The van der Waals surface area contributed by atoms with E-state index in [9.17, 15) is 19.5 Å². The molecule has 1 fully saturated rings. The lowest BCUT2D eigenvalue weighted by Gasteiger charge is -2.35. The van der Waals surface area contributed by atoms with E-state index < -0.39 is 12.1 Å². The normalized spacial score (nSPS) is 23.8. The number of Topliss-reactive ketones (excluding diaryl/α,β-unsaturated/α-hetero) is 1. The zero-order valence-electron chi connectivity index (χ0n) is 14.0. The van der Waals surface area contributed by atoms with Gasteiger partial charge in [-0.15, -0.1) is 0 Å². The molecule has 0 aromatic carbocycles. The first-order chi connectivity index (χ1) is 11.4. The van der Waals surface area contributed by atoms with Crippen molar-refractivity contribution in [3.05, 3.63) is 22.5 Å². The van der Waals surface area contributed by atoms with E-state index in [0.717, 1.165) is 18.5 Å². The van der Waals surface area contributed by atoms with E-state index in [4.69, 9.17) is 0 Å². The Morgan fingerprint density at radius 3 is 2.75 bits per heavy atom. The number of ketones is 1. The Balaban J connectivity index is 1.76. The van der Waals surface area contributed by atoms with E-state index in [1.165, 1.54) is 6.92 Å². The number of hydrogen-bond acceptors (Lipinski definition) is 4. The maximum atomic E-state index is 12.7. The van der Waals surface area contributed by atoms with E-state index in [2.05, 4.69) is 10.3 Å². The van der Waals surface area contributed by atoms with E-state index >= 15 is 0 Å². The van der Waals surface area contributed by atoms with Crippen molar-refractivity contribution < 1.29 is 19.5 Å². The fraction of sp³-hybridized carbons (Fsp3) is 0.588. The molecule has 3 rings (SSSR count). The molecule has 2 heterocycles. The highest BCUT2D eigenvalue weighted by Crippen LogP contribution is 2.27. The molecule has 1 saturated heterocycles. The predicted molar refractivity (Wildman–Crippen MR) is 86.9 cm³/mol. The summed E-state index contributed by atoms with van der Waals surface area (Å²) in [7, 11) is 0. The summed E-state index contributed by atoms with van der Waals surface area (Å²) >= 11 is 0. The average molecular weight is 333 g/mol. The van der Waals surface area contributed by atoms with Crippen molar-refractivity contribution >= 4 is 17.6 Å². The number of nitrogens with one attached hydrogen (secondary N) is 2. The minimum atomic E-state index is -0.808. The second-order valence-corrected chi connectivity index (χ2v) is 6.66. The van der Waals surface area contributed by atoms with Crippen LogP contribution >= 0.6 is 0 Å². The Kier molecular flexibility index (Phi) is 4.45. The maximum absolute atomic E-state index is 12.7. The van der Waals surface area contributed by atoms with Gasteiger partial charge >= 0.3 is 0 Å². The number of rotatable bonds is 2. The lowest BCUT2D eigenvalue weighted by Crippen LogP contribution is -2.55. The van der Waals surface area contributed by atoms with E-state index in [1.807, 2.05) is 0 Å². The molecule has 2 amide bonds. The second-order valence-electron chi connectivity index (χ2n) is 6.66. The van der Waals surface area contributed by atoms with Crippen molar-refractivity contribution in [1.29, 1.82) is 0 Å². The minimum absolute atomic E-state index is 0.00213. The molecule has 2 aliphatic rings. The van der Waals surface area contributed by atoms with Gasteiger partial charge in [0.15, 0.2) is 5.78 Å². The molecule has 2 unspecified atom stereocenters. The Labute approximate surface area is 140 Å². The largest absolute Gasteiger partial charge is 0.389 e. The first kappa shape index (κ1) is 16.7. The van der Waals surface area contributed by atoms with Crippen LogP contribution in [-0.4, -0.2) is 57.8 Å². The molecular formula is C17H23N3O4. The first-order valence-electron chi connectivity index (χ1n) is 8.37. The molecule has 0 bridgehead atoms. The van der Waals surface area contributed by atoms with Crippen LogP contribution in [0.2, 0.25) is 0 Å². The number of fused-ring (bicyclic) bond motifs is 1. The molecule has 130 valence electrons. The number of hydrogen-bond donors (Lipinski definition) is 3. The van der Waals surface area contributed by atoms with Gasteiger partial charge in [-0.05, 0) is 26.2 Å². The molecule has 7 heteroatoms. The molecule has 3 N–H and O–H groups in total. The van der Waals surface area contributed by atoms with Crippen molar-refractivity contribution in [1.82, 2.24) is 15.2 Å². The number of nitrogens with zero attached hydrogens (tertiary/aromatic N) is 1. The Morgan fingerprint density at radius 1 is 1.33 bits per heavy atom. The molecule has 2 atom stereocenters. The number of carbonyl (C=O) groups is 3. The van der Waals surface area contributed by atoms with Crippen LogP contribution in [0.3, 0.4) is 0 Å². The number of likely N-dealkylation sites (tertiary alicyclic amines) is 1. The smallest absolute Gasteiger partial charge is 0.254 e. The minimum Gasteiger partial charge on any atom is -0.389 e. The summed E-state index contributed by atoms with van der Waals surface area (Å²) in [5, 5.41) is 13.1. The summed E-state index contributed by atoms with van der Waals surface area (Å²) in [5.41, 5.74) is 2.42. The molecule has 24 heavy (non-hydrogen) atoms. The third-order valence-electron chi connectivity index (χ3n) is 4.95. The molecule has 0 spiro atoms. The summed E-state index contributed by atoms with van der Waals surface area (Å²) in [4.78, 5) is 41.0. The number of aromatic nitrogens is 1. The molecule has 1 aromatic heterocycles. The average Bonchev–Trinajstić information content (AvgIpc) is 2.86. The number of aryl methyl sites for hydroxylation is 2. The van der Waals surface area contributed by atoms with Gasteiger partial charge in [-0.25, -0.2) is 0 Å². The number of aromatic amines is 1. The Bertz CT molecular complexity index is 694. The highest BCUT2D eigenvalue weighted by atomic mass is 16.3. The van der Waals surface area contributed by atoms with Crippen LogP contribution in [0.15, 0.2) is 0 Å². The molecule has 0 saturated carbocycles. The number of piperidine rings is 1. The van der Waals surface area contributed by atoms with Gasteiger partial charge in [0.2, 0.25) is 5.91 Å². The summed E-state index contributed by atoms with van der Waals surface area (Å²) in [6.45, 7) is 3.96. The van der Waals surface area contributed by atoms with Gasteiger partial charge in [0.25, 0.3) is 5.91 Å². The highest BCUT2D eigenvalue weighted by molar-refractivity contribution is 6.10. The van der Waals surface area contributed by atoms with Crippen molar-refractivity contribution in [2.45, 2.75) is 51.7 Å². The summed E-state index contributed by atoms with van der Waals surface area (Å²) in [6, 6.07) is -0.420. The topological polar surface area (TPSA) is 103 Å². The first-order valence-corrected chi connectivity index (χ1v) is 8.37. The summed E-state index contributed by atoms with van der Waals surface area (Å²) in [6.07, 6.45) is 1.72. The van der Waals surface area contributed by atoms with E-state index in [1.54, 1.807) is 11.8 Å². The molecule has 1 aliphatic heterocycles. The molecule has 0 radical (unpaired) electrons. The van der Waals surface area contributed by atoms with Crippen LogP contribution in [0.4, 0.5) is 0 Å². The second kappa shape index (κ2) is 6.39. The van der Waals surface area contributed by atoms with Crippen LogP contribution in [0.25, 0.3) is 0 Å². The number of carbonyl (C=O) groups excluding carboxylic acids is 3. The van der Waals surface area contributed by atoms with Gasteiger partial charge in [0.05, 0.1) is 23.3 Å². The molecule has 1 aliphatic carbocycles. The van der Waals surface area contributed by atoms with Crippen molar-refractivity contribution in [3.63, 3.8) is 0 Å². The van der Waals surface area contributed by atoms with Crippen LogP contribution in [0.1, 0.15) is 58.3 Å². The van der Waals surface area contributed by atoms with Gasteiger partial charge in [-0.2, -0.15) is 0 Å². The summed E-state index contributed by atoms with van der Waals surface area (Å²) in [5.74, 6) is -0.418.